The Hall–Kier alpha value is -2.70. The molecule has 0 bridgehead atoms. The molecule has 1 aromatic heterocycles. The van der Waals surface area contributed by atoms with E-state index in [1.165, 1.54) is 17.3 Å². The third kappa shape index (κ3) is 2.37. The molecule has 108 valence electrons. The number of carboxylic acids is 1. The number of carbonyl (C=O) groups excluding carboxylic acids is 1. The molecule has 2 N–H and O–H groups in total. The van der Waals surface area contributed by atoms with E-state index in [9.17, 15) is 14.7 Å². The zero-order valence-electron chi connectivity index (χ0n) is 11.2. The monoisotopic (exact) mass is 286 g/mol. The smallest absolute Gasteiger partial charge is 0.329 e. The van der Waals surface area contributed by atoms with Crippen LogP contribution < -0.4 is 5.32 Å². The summed E-state index contributed by atoms with van der Waals surface area (Å²) in [6, 6.07) is 6.81. The summed E-state index contributed by atoms with van der Waals surface area (Å²) in [4.78, 5) is 27.4. The first kappa shape index (κ1) is 13.3. The fourth-order valence-corrected chi connectivity index (χ4v) is 2.34. The Balaban J connectivity index is 1.82. The lowest BCUT2D eigenvalue weighted by molar-refractivity contribution is -0.148. The SMILES string of the molecule is O=C(NC1(C(=O)O)CCC1)c1cccc(-n2cncn2)c1. The van der Waals surface area contributed by atoms with Crippen molar-refractivity contribution in [1.29, 1.82) is 0 Å². The molecule has 0 aliphatic heterocycles. The van der Waals surface area contributed by atoms with Crippen molar-refractivity contribution in [1.82, 2.24) is 20.1 Å². The molecule has 0 saturated heterocycles. The minimum absolute atomic E-state index is 0.390. The number of nitrogens with zero attached hydrogens (tertiary/aromatic N) is 3. The van der Waals surface area contributed by atoms with Crippen LogP contribution in [0.1, 0.15) is 29.6 Å². The van der Waals surface area contributed by atoms with Gasteiger partial charge in [-0.25, -0.2) is 14.5 Å². The lowest BCUT2D eigenvalue weighted by atomic mass is 9.76. The lowest BCUT2D eigenvalue weighted by Gasteiger charge is -2.38. The fraction of sp³-hybridized carbons (Fsp3) is 0.286. The number of aromatic nitrogens is 3. The first-order valence-corrected chi connectivity index (χ1v) is 6.62. The van der Waals surface area contributed by atoms with Crippen LogP contribution in [0.25, 0.3) is 5.69 Å². The largest absolute Gasteiger partial charge is 0.480 e. The van der Waals surface area contributed by atoms with Gasteiger partial charge in [0.1, 0.15) is 18.2 Å². The van der Waals surface area contributed by atoms with Gasteiger partial charge >= 0.3 is 5.97 Å². The predicted octanol–water partition coefficient (Wildman–Crippen LogP) is 1.00. The second-order valence-electron chi connectivity index (χ2n) is 5.09. The Labute approximate surface area is 120 Å². The molecule has 1 heterocycles. The molecule has 21 heavy (non-hydrogen) atoms. The molecular formula is C14H14N4O3. The molecule has 1 aliphatic carbocycles. The van der Waals surface area contributed by atoms with E-state index in [1.54, 1.807) is 24.3 Å². The molecule has 0 radical (unpaired) electrons. The van der Waals surface area contributed by atoms with Gasteiger partial charge in [0, 0.05) is 5.56 Å². The van der Waals surface area contributed by atoms with Crippen molar-refractivity contribution in [3.05, 3.63) is 42.5 Å². The second-order valence-corrected chi connectivity index (χ2v) is 5.09. The number of benzene rings is 1. The number of hydrogen-bond acceptors (Lipinski definition) is 4. The first-order chi connectivity index (χ1) is 10.1. The predicted molar refractivity (Wildman–Crippen MR) is 73.0 cm³/mol. The van der Waals surface area contributed by atoms with Gasteiger partial charge in [-0.2, -0.15) is 5.10 Å². The third-order valence-corrected chi connectivity index (χ3v) is 3.76. The maximum atomic E-state index is 12.3. The Morgan fingerprint density at radius 3 is 2.71 bits per heavy atom. The highest BCUT2D eigenvalue weighted by atomic mass is 16.4. The minimum atomic E-state index is -1.11. The number of carboxylic acid groups (broad SMARTS) is 1. The Morgan fingerprint density at radius 1 is 1.33 bits per heavy atom. The van der Waals surface area contributed by atoms with Gasteiger partial charge < -0.3 is 10.4 Å². The molecule has 0 atom stereocenters. The number of amides is 1. The molecule has 0 spiro atoms. The van der Waals surface area contributed by atoms with Crippen molar-refractivity contribution in [2.45, 2.75) is 24.8 Å². The highest BCUT2D eigenvalue weighted by Crippen LogP contribution is 2.32. The maximum absolute atomic E-state index is 12.3. The van der Waals surface area contributed by atoms with Crippen LogP contribution in [-0.2, 0) is 4.79 Å². The first-order valence-electron chi connectivity index (χ1n) is 6.62. The quantitative estimate of drug-likeness (QED) is 0.874. The molecule has 0 unspecified atom stereocenters. The van der Waals surface area contributed by atoms with E-state index in [0.717, 1.165) is 6.42 Å². The molecule has 1 aromatic carbocycles. The number of rotatable bonds is 4. The van der Waals surface area contributed by atoms with Gasteiger partial charge in [-0.15, -0.1) is 0 Å². The summed E-state index contributed by atoms with van der Waals surface area (Å²) in [5, 5.41) is 15.9. The van der Waals surface area contributed by atoms with Gasteiger partial charge in [-0.05, 0) is 37.5 Å². The van der Waals surface area contributed by atoms with Crippen molar-refractivity contribution in [2.24, 2.45) is 0 Å². The maximum Gasteiger partial charge on any atom is 0.329 e. The Bertz CT molecular complexity index is 677. The van der Waals surface area contributed by atoms with Gasteiger partial charge in [-0.1, -0.05) is 6.07 Å². The average molecular weight is 286 g/mol. The number of aliphatic carboxylic acids is 1. The molecule has 2 aromatic rings. The van der Waals surface area contributed by atoms with Crippen LogP contribution >= 0.6 is 0 Å². The molecule has 1 amide bonds. The molecule has 1 saturated carbocycles. The van der Waals surface area contributed by atoms with Crippen LogP contribution in [0.4, 0.5) is 0 Å². The van der Waals surface area contributed by atoms with Crippen molar-refractivity contribution in [2.75, 3.05) is 0 Å². The van der Waals surface area contributed by atoms with Crippen LogP contribution in [0, 0.1) is 0 Å². The van der Waals surface area contributed by atoms with Gasteiger partial charge in [0.05, 0.1) is 5.69 Å². The van der Waals surface area contributed by atoms with Crippen LogP contribution in [0.5, 0.6) is 0 Å². The van der Waals surface area contributed by atoms with Gasteiger partial charge in [0.25, 0.3) is 5.91 Å². The van der Waals surface area contributed by atoms with E-state index in [0.29, 0.717) is 24.1 Å². The van der Waals surface area contributed by atoms with E-state index in [4.69, 9.17) is 0 Å². The van der Waals surface area contributed by atoms with Crippen LogP contribution in [0.2, 0.25) is 0 Å². The second kappa shape index (κ2) is 5.01. The molecule has 1 fully saturated rings. The van der Waals surface area contributed by atoms with Crippen LogP contribution in [0.3, 0.4) is 0 Å². The van der Waals surface area contributed by atoms with Gasteiger partial charge in [-0.3, -0.25) is 4.79 Å². The number of hydrogen-bond donors (Lipinski definition) is 2. The minimum Gasteiger partial charge on any atom is -0.480 e. The lowest BCUT2D eigenvalue weighted by Crippen LogP contribution is -2.59. The van der Waals surface area contributed by atoms with Crippen LogP contribution in [0.15, 0.2) is 36.9 Å². The zero-order chi connectivity index (χ0) is 14.9. The third-order valence-electron chi connectivity index (χ3n) is 3.76. The van der Waals surface area contributed by atoms with Crippen molar-refractivity contribution < 1.29 is 14.7 Å². The molecule has 7 nitrogen and oxygen atoms in total. The number of carbonyl (C=O) groups is 2. The number of nitrogens with one attached hydrogen (secondary N) is 1. The van der Waals surface area contributed by atoms with E-state index in [1.807, 2.05) is 0 Å². The molecular weight excluding hydrogens is 272 g/mol. The summed E-state index contributed by atoms with van der Waals surface area (Å²) in [6.07, 6.45) is 4.68. The summed E-state index contributed by atoms with van der Waals surface area (Å²) < 4.78 is 1.53. The molecule has 7 heteroatoms. The van der Waals surface area contributed by atoms with Crippen molar-refractivity contribution >= 4 is 11.9 Å². The van der Waals surface area contributed by atoms with E-state index in [2.05, 4.69) is 15.4 Å². The fourth-order valence-electron chi connectivity index (χ4n) is 2.34. The van der Waals surface area contributed by atoms with E-state index < -0.39 is 11.5 Å². The topological polar surface area (TPSA) is 97.1 Å². The van der Waals surface area contributed by atoms with Crippen molar-refractivity contribution in [3.63, 3.8) is 0 Å². The molecule has 1 aliphatic rings. The standard InChI is InChI=1S/C14H14N4O3/c19-12(17-14(13(20)21)5-2-6-14)10-3-1-4-11(7-10)18-9-15-8-16-18/h1,3-4,7-9H,2,5-6H2,(H,17,19)(H,20,21). The highest BCUT2D eigenvalue weighted by molar-refractivity contribution is 5.98. The molecule has 3 rings (SSSR count). The van der Waals surface area contributed by atoms with E-state index >= 15 is 0 Å². The summed E-state index contributed by atoms with van der Waals surface area (Å²) in [6.45, 7) is 0. The zero-order valence-corrected chi connectivity index (χ0v) is 11.2. The Kier molecular flexibility index (Phi) is 3.17. The Morgan fingerprint density at radius 2 is 2.14 bits per heavy atom. The van der Waals surface area contributed by atoms with Gasteiger partial charge in [0.15, 0.2) is 0 Å². The van der Waals surface area contributed by atoms with Crippen LogP contribution in [-0.4, -0.2) is 37.3 Å². The van der Waals surface area contributed by atoms with E-state index in [-0.39, 0.29) is 5.91 Å². The summed E-state index contributed by atoms with van der Waals surface area (Å²) in [5.74, 6) is -1.37. The average Bonchev–Trinajstić information content (AvgIpc) is 2.96. The normalized spacial score (nSPS) is 16.0. The summed E-state index contributed by atoms with van der Waals surface area (Å²) in [7, 11) is 0. The van der Waals surface area contributed by atoms with Gasteiger partial charge in [0.2, 0.25) is 0 Å². The van der Waals surface area contributed by atoms with Crippen molar-refractivity contribution in [3.8, 4) is 5.69 Å². The highest BCUT2D eigenvalue weighted by Gasteiger charge is 2.45. The summed E-state index contributed by atoms with van der Waals surface area (Å²) >= 11 is 0. The summed E-state index contributed by atoms with van der Waals surface area (Å²) in [5.41, 5.74) is -0.0194.